The maximum absolute atomic E-state index is 11.1. The van der Waals surface area contributed by atoms with Crippen molar-refractivity contribution in [2.45, 2.75) is 25.3 Å². The lowest BCUT2D eigenvalue weighted by atomic mass is 10.1. The van der Waals surface area contributed by atoms with Crippen molar-refractivity contribution in [1.29, 1.82) is 0 Å². The van der Waals surface area contributed by atoms with Crippen LogP contribution in [0.2, 0.25) is 0 Å². The molecule has 104 valence electrons. The highest BCUT2D eigenvalue weighted by atomic mass is 79.9. The molecule has 0 spiro atoms. The van der Waals surface area contributed by atoms with Gasteiger partial charge in [-0.05, 0) is 41.3 Å². The minimum absolute atomic E-state index is 0.0488. The number of carboxylic acid groups (broad SMARTS) is 1. The number of nitrogens with zero attached hydrogens (tertiary/aromatic N) is 4. The summed E-state index contributed by atoms with van der Waals surface area (Å²) in [6.45, 7) is 0. The molecule has 2 aromatic rings. The normalized spacial score (nSPS) is 16.1. The Hall–Kier alpha value is -1.76. The van der Waals surface area contributed by atoms with Gasteiger partial charge in [0.15, 0.2) is 5.82 Å². The number of hydrogen-bond donors (Lipinski definition) is 1. The summed E-state index contributed by atoms with van der Waals surface area (Å²) in [5.41, 5.74) is 0.869. The van der Waals surface area contributed by atoms with Gasteiger partial charge in [-0.1, -0.05) is 28.1 Å². The van der Waals surface area contributed by atoms with E-state index in [0.29, 0.717) is 11.7 Å². The highest BCUT2D eigenvalue weighted by Crippen LogP contribution is 2.42. The van der Waals surface area contributed by atoms with E-state index in [1.807, 2.05) is 24.3 Å². The van der Waals surface area contributed by atoms with Crippen molar-refractivity contribution >= 4 is 21.9 Å². The van der Waals surface area contributed by atoms with E-state index in [1.54, 1.807) is 4.68 Å². The predicted molar refractivity (Wildman–Crippen MR) is 75.0 cm³/mol. The van der Waals surface area contributed by atoms with Crippen LogP contribution in [0.25, 0.3) is 11.4 Å². The molecule has 3 rings (SSSR count). The number of aliphatic carboxylic acids is 1. The molecule has 1 aromatic heterocycles. The van der Waals surface area contributed by atoms with Crippen LogP contribution in [0.5, 0.6) is 0 Å². The number of rotatable bonds is 5. The molecule has 0 radical (unpaired) electrons. The molecule has 1 heterocycles. The highest BCUT2D eigenvalue weighted by Gasteiger charge is 2.36. The number of aromatic nitrogens is 4. The number of carboxylic acids is 1. The summed E-state index contributed by atoms with van der Waals surface area (Å²) >= 11 is 3.48. The average Bonchev–Trinajstić information content (AvgIpc) is 3.14. The number of benzene rings is 1. The molecule has 1 N–H and O–H groups in total. The molecule has 0 aliphatic heterocycles. The topological polar surface area (TPSA) is 80.9 Å². The molecule has 1 fully saturated rings. The Bertz CT molecular complexity index is 639. The van der Waals surface area contributed by atoms with E-state index in [9.17, 15) is 4.79 Å². The molecule has 6 nitrogen and oxygen atoms in total. The molecule has 7 heteroatoms. The third kappa shape index (κ3) is 2.58. The summed E-state index contributed by atoms with van der Waals surface area (Å²) < 4.78 is 2.55. The van der Waals surface area contributed by atoms with Crippen LogP contribution in [0.15, 0.2) is 28.7 Å². The van der Waals surface area contributed by atoms with Crippen molar-refractivity contribution in [3.63, 3.8) is 0 Å². The fraction of sp³-hybridized carbons (Fsp3) is 0.385. The maximum atomic E-state index is 11.1. The average molecular weight is 337 g/mol. The monoisotopic (exact) mass is 336 g/mol. The first-order valence-electron chi connectivity index (χ1n) is 6.41. The summed E-state index contributed by atoms with van der Waals surface area (Å²) in [7, 11) is 0. The van der Waals surface area contributed by atoms with Gasteiger partial charge in [0.05, 0.1) is 12.5 Å². The molecule has 0 bridgehead atoms. The molecule has 0 saturated heterocycles. The van der Waals surface area contributed by atoms with Crippen molar-refractivity contribution in [2.75, 3.05) is 0 Å². The first-order chi connectivity index (χ1) is 9.66. The van der Waals surface area contributed by atoms with E-state index in [0.717, 1.165) is 22.9 Å². The van der Waals surface area contributed by atoms with Crippen LogP contribution < -0.4 is 0 Å². The zero-order valence-corrected chi connectivity index (χ0v) is 12.2. The van der Waals surface area contributed by atoms with Gasteiger partial charge in [0.25, 0.3) is 0 Å². The summed E-state index contributed by atoms with van der Waals surface area (Å²) in [5, 5.41) is 20.9. The van der Waals surface area contributed by atoms with Gasteiger partial charge in [-0.15, -0.1) is 5.10 Å². The first kappa shape index (κ1) is 13.2. The third-order valence-corrected chi connectivity index (χ3v) is 4.16. The van der Waals surface area contributed by atoms with Crippen LogP contribution in [0.1, 0.15) is 25.3 Å². The summed E-state index contributed by atoms with van der Waals surface area (Å²) in [6, 6.07) is 7.47. The summed E-state index contributed by atoms with van der Waals surface area (Å²) in [4.78, 5) is 11.1. The lowest BCUT2D eigenvalue weighted by molar-refractivity contribution is -0.138. The fourth-order valence-electron chi connectivity index (χ4n) is 2.35. The van der Waals surface area contributed by atoms with Gasteiger partial charge >= 0.3 is 5.97 Å². The van der Waals surface area contributed by atoms with E-state index in [1.165, 1.54) is 0 Å². The molecular formula is C13H13BrN4O2. The van der Waals surface area contributed by atoms with E-state index in [4.69, 9.17) is 5.11 Å². The Balaban J connectivity index is 2.00. The SMILES string of the molecule is O=C(O)CC(C1CC1)n1nnnc1-c1ccccc1Br. The lowest BCUT2D eigenvalue weighted by Crippen LogP contribution is -2.18. The molecule has 1 unspecified atom stereocenters. The lowest BCUT2D eigenvalue weighted by Gasteiger charge is -2.16. The molecule has 20 heavy (non-hydrogen) atoms. The fourth-order valence-corrected chi connectivity index (χ4v) is 2.81. The van der Waals surface area contributed by atoms with Crippen molar-refractivity contribution in [3.05, 3.63) is 28.7 Å². The van der Waals surface area contributed by atoms with Crippen molar-refractivity contribution in [2.24, 2.45) is 5.92 Å². The molecular weight excluding hydrogens is 324 g/mol. The van der Waals surface area contributed by atoms with E-state index in [2.05, 4.69) is 31.5 Å². The third-order valence-electron chi connectivity index (χ3n) is 3.47. The van der Waals surface area contributed by atoms with Gasteiger partial charge in [0.2, 0.25) is 0 Å². The number of tetrazole rings is 1. The van der Waals surface area contributed by atoms with Crippen molar-refractivity contribution in [3.8, 4) is 11.4 Å². The summed E-state index contributed by atoms with van der Waals surface area (Å²) in [5.74, 6) is 0.141. The van der Waals surface area contributed by atoms with Gasteiger partial charge in [-0.2, -0.15) is 0 Å². The second kappa shape index (κ2) is 5.32. The van der Waals surface area contributed by atoms with Crippen LogP contribution in [-0.4, -0.2) is 31.3 Å². The minimum Gasteiger partial charge on any atom is -0.481 e. The zero-order valence-electron chi connectivity index (χ0n) is 10.6. The van der Waals surface area contributed by atoms with Crippen molar-refractivity contribution in [1.82, 2.24) is 20.2 Å². The van der Waals surface area contributed by atoms with Crippen LogP contribution in [-0.2, 0) is 4.79 Å². The van der Waals surface area contributed by atoms with Crippen LogP contribution in [0.4, 0.5) is 0 Å². The van der Waals surface area contributed by atoms with Crippen molar-refractivity contribution < 1.29 is 9.90 Å². The van der Waals surface area contributed by atoms with Crippen LogP contribution >= 0.6 is 15.9 Å². The van der Waals surface area contributed by atoms with Crippen LogP contribution in [0, 0.1) is 5.92 Å². The van der Waals surface area contributed by atoms with Gasteiger partial charge in [0, 0.05) is 10.0 Å². The van der Waals surface area contributed by atoms with E-state index < -0.39 is 5.97 Å². The zero-order chi connectivity index (χ0) is 14.1. The Labute approximate surface area is 123 Å². The smallest absolute Gasteiger partial charge is 0.305 e. The first-order valence-corrected chi connectivity index (χ1v) is 7.20. The Morgan fingerprint density at radius 1 is 1.45 bits per heavy atom. The molecule has 1 saturated carbocycles. The van der Waals surface area contributed by atoms with E-state index >= 15 is 0 Å². The quantitative estimate of drug-likeness (QED) is 0.907. The van der Waals surface area contributed by atoms with Gasteiger partial charge < -0.3 is 5.11 Å². The van der Waals surface area contributed by atoms with E-state index in [-0.39, 0.29) is 12.5 Å². The standard InChI is InChI=1S/C13H13BrN4O2/c14-10-4-2-1-3-9(10)13-15-16-17-18(13)11(7-12(19)20)8-5-6-8/h1-4,8,11H,5-7H2,(H,19,20). The second-order valence-corrected chi connectivity index (χ2v) is 5.78. The number of halogens is 1. The Morgan fingerprint density at radius 2 is 2.20 bits per heavy atom. The van der Waals surface area contributed by atoms with Gasteiger partial charge in [-0.25, -0.2) is 4.68 Å². The molecule has 1 aromatic carbocycles. The van der Waals surface area contributed by atoms with Gasteiger partial charge in [-0.3, -0.25) is 4.79 Å². The minimum atomic E-state index is -0.824. The summed E-state index contributed by atoms with van der Waals surface area (Å²) in [6.07, 6.45) is 2.12. The Kier molecular flexibility index (Phi) is 3.52. The second-order valence-electron chi connectivity index (χ2n) is 4.93. The van der Waals surface area contributed by atoms with Gasteiger partial charge in [0.1, 0.15) is 0 Å². The van der Waals surface area contributed by atoms with Crippen LogP contribution in [0.3, 0.4) is 0 Å². The Morgan fingerprint density at radius 3 is 2.85 bits per heavy atom. The number of carbonyl (C=O) groups is 1. The number of hydrogen-bond acceptors (Lipinski definition) is 4. The molecule has 1 aliphatic carbocycles. The predicted octanol–water partition coefficient (Wildman–Crippen LogP) is 2.53. The molecule has 1 aliphatic rings. The highest BCUT2D eigenvalue weighted by molar-refractivity contribution is 9.10. The molecule has 0 amide bonds. The molecule has 1 atom stereocenters. The largest absolute Gasteiger partial charge is 0.481 e. The maximum Gasteiger partial charge on any atom is 0.305 e.